The number of furan rings is 1. The summed E-state index contributed by atoms with van der Waals surface area (Å²) in [6.45, 7) is 9.29. The molecule has 2 N–H and O–H groups in total. The molecule has 16 heavy (non-hydrogen) atoms. The first kappa shape index (κ1) is 12.8. The number of rotatable bonds is 4. The van der Waals surface area contributed by atoms with E-state index in [1.165, 1.54) is 0 Å². The molecule has 0 aromatic carbocycles. The zero-order valence-electron chi connectivity index (χ0n) is 10.5. The molecule has 4 heteroatoms. The molecule has 1 aromatic heterocycles. The largest absolute Gasteiger partial charge is 0.466 e. The molecule has 0 aliphatic rings. The highest BCUT2D eigenvalue weighted by Crippen LogP contribution is 2.22. The van der Waals surface area contributed by atoms with Crippen LogP contribution < -0.4 is 5.73 Å². The standard InChI is InChI=1S/C12H20N2O2/c1-5-14(7-6-13)12(15)11-8(2)9(3)16-10(11)4/h5-7,13H2,1-4H3. The molecule has 0 atom stereocenters. The molecule has 0 saturated heterocycles. The zero-order chi connectivity index (χ0) is 12.3. The molecule has 0 spiro atoms. The molecule has 0 radical (unpaired) electrons. The highest BCUT2D eigenvalue weighted by molar-refractivity contribution is 5.96. The number of likely N-dealkylation sites (N-methyl/N-ethyl adjacent to an activating group) is 1. The van der Waals surface area contributed by atoms with Gasteiger partial charge in [-0.05, 0) is 27.7 Å². The Balaban J connectivity index is 3.03. The number of carbonyl (C=O) groups excluding carboxylic acids is 1. The Morgan fingerprint density at radius 1 is 1.31 bits per heavy atom. The van der Waals surface area contributed by atoms with Crippen LogP contribution in [0.3, 0.4) is 0 Å². The normalized spacial score (nSPS) is 10.6. The smallest absolute Gasteiger partial charge is 0.257 e. The van der Waals surface area contributed by atoms with Gasteiger partial charge in [0.15, 0.2) is 0 Å². The minimum atomic E-state index is 0.0137. The number of carbonyl (C=O) groups is 1. The van der Waals surface area contributed by atoms with Crippen LogP contribution in [0.4, 0.5) is 0 Å². The summed E-state index contributed by atoms with van der Waals surface area (Å²) in [4.78, 5) is 14.0. The Morgan fingerprint density at radius 2 is 1.94 bits per heavy atom. The van der Waals surface area contributed by atoms with E-state index in [9.17, 15) is 4.79 Å². The summed E-state index contributed by atoms with van der Waals surface area (Å²) in [5.41, 5.74) is 7.10. The number of hydrogen-bond acceptors (Lipinski definition) is 3. The average molecular weight is 224 g/mol. The van der Waals surface area contributed by atoms with Crippen molar-refractivity contribution in [3.63, 3.8) is 0 Å². The minimum absolute atomic E-state index is 0.0137. The van der Waals surface area contributed by atoms with Crippen molar-refractivity contribution < 1.29 is 9.21 Å². The first-order chi connectivity index (χ1) is 7.52. The number of nitrogens with zero attached hydrogens (tertiary/aromatic N) is 1. The van der Waals surface area contributed by atoms with Crippen molar-refractivity contribution in [2.24, 2.45) is 5.73 Å². The van der Waals surface area contributed by atoms with Crippen LogP contribution in [0.25, 0.3) is 0 Å². The van der Waals surface area contributed by atoms with E-state index in [-0.39, 0.29) is 5.91 Å². The minimum Gasteiger partial charge on any atom is -0.466 e. The van der Waals surface area contributed by atoms with Gasteiger partial charge in [0.2, 0.25) is 0 Å². The molecule has 1 heterocycles. The van der Waals surface area contributed by atoms with E-state index in [1.54, 1.807) is 4.90 Å². The summed E-state index contributed by atoms with van der Waals surface area (Å²) in [7, 11) is 0. The number of amides is 1. The van der Waals surface area contributed by atoms with E-state index >= 15 is 0 Å². The van der Waals surface area contributed by atoms with Crippen LogP contribution in [0.1, 0.15) is 34.4 Å². The lowest BCUT2D eigenvalue weighted by Crippen LogP contribution is -2.35. The summed E-state index contributed by atoms with van der Waals surface area (Å²) in [6.07, 6.45) is 0. The van der Waals surface area contributed by atoms with Crippen molar-refractivity contribution in [3.8, 4) is 0 Å². The highest BCUT2D eigenvalue weighted by Gasteiger charge is 2.22. The third-order valence-electron chi connectivity index (χ3n) is 2.84. The Kier molecular flexibility index (Phi) is 4.12. The number of nitrogens with two attached hydrogens (primary N) is 1. The van der Waals surface area contributed by atoms with E-state index in [1.807, 2.05) is 27.7 Å². The monoisotopic (exact) mass is 224 g/mol. The third kappa shape index (κ3) is 2.27. The molecule has 1 rings (SSSR count). The second kappa shape index (κ2) is 5.16. The van der Waals surface area contributed by atoms with E-state index < -0.39 is 0 Å². The SMILES string of the molecule is CCN(CCN)C(=O)c1c(C)oc(C)c1C. The lowest BCUT2D eigenvalue weighted by Gasteiger charge is -2.19. The molecule has 4 nitrogen and oxygen atoms in total. The van der Waals surface area contributed by atoms with Gasteiger partial charge in [0.1, 0.15) is 11.5 Å². The summed E-state index contributed by atoms with van der Waals surface area (Å²) in [5.74, 6) is 1.51. The lowest BCUT2D eigenvalue weighted by molar-refractivity contribution is 0.0766. The van der Waals surface area contributed by atoms with E-state index in [0.29, 0.717) is 31.0 Å². The second-order valence-corrected chi connectivity index (χ2v) is 3.89. The molecule has 1 aromatic rings. The van der Waals surface area contributed by atoms with Crippen molar-refractivity contribution in [3.05, 3.63) is 22.6 Å². The molecule has 0 fully saturated rings. The molecule has 0 bridgehead atoms. The lowest BCUT2D eigenvalue weighted by atomic mass is 10.1. The Hall–Kier alpha value is -1.29. The summed E-state index contributed by atoms with van der Waals surface area (Å²) in [5, 5.41) is 0. The van der Waals surface area contributed by atoms with Crippen molar-refractivity contribution in [1.82, 2.24) is 4.90 Å². The highest BCUT2D eigenvalue weighted by atomic mass is 16.3. The van der Waals surface area contributed by atoms with E-state index in [4.69, 9.17) is 10.2 Å². The predicted molar refractivity (Wildman–Crippen MR) is 63.6 cm³/mol. The van der Waals surface area contributed by atoms with Gasteiger partial charge >= 0.3 is 0 Å². The maximum Gasteiger partial charge on any atom is 0.257 e. The van der Waals surface area contributed by atoms with Crippen LogP contribution in [0.15, 0.2) is 4.42 Å². The van der Waals surface area contributed by atoms with Gasteiger partial charge in [0.05, 0.1) is 5.56 Å². The van der Waals surface area contributed by atoms with Crippen molar-refractivity contribution in [2.45, 2.75) is 27.7 Å². The van der Waals surface area contributed by atoms with Crippen LogP contribution in [-0.4, -0.2) is 30.4 Å². The Morgan fingerprint density at radius 3 is 2.31 bits per heavy atom. The van der Waals surface area contributed by atoms with Gasteiger partial charge in [0, 0.05) is 25.2 Å². The maximum absolute atomic E-state index is 12.2. The molecule has 90 valence electrons. The third-order valence-corrected chi connectivity index (χ3v) is 2.84. The fraction of sp³-hybridized carbons (Fsp3) is 0.583. The first-order valence-corrected chi connectivity index (χ1v) is 5.58. The van der Waals surface area contributed by atoms with Crippen LogP contribution in [0, 0.1) is 20.8 Å². The molecule has 0 aliphatic carbocycles. The molecule has 0 aliphatic heterocycles. The van der Waals surface area contributed by atoms with Gasteiger partial charge in [0.25, 0.3) is 5.91 Å². The maximum atomic E-state index is 12.2. The molecule has 0 saturated carbocycles. The van der Waals surface area contributed by atoms with Crippen LogP contribution in [-0.2, 0) is 0 Å². The number of aryl methyl sites for hydroxylation is 2. The van der Waals surface area contributed by atoms with Gasteiger partial charge < -0.3 is 15.1 Å². The van der Waals surface area contributed by atoms with E-state index in [0.717, 1.165) is 11.3 Å². The van der Waals surface area contributed by atoms with Gasteiger partial charge in [-0.3, -0.25) is 4.79 Å². The van der Waals surface area contributed by atoms with Gasteiger partial charge in [-0.1, -0.05) is 0 Å². The van der Waals surface area contributed by atoms with Gasteiger partial charge in [-0.2, -0.15) is 0 Å². The van der Waals surface area contributed by atoms with Crippen LogP contribution in [0.2, 0.25) is 0 Å². The summed E-state index contributed by atoms with van der Waals surface area (Å²) < 4.78 is 5.46. The number of hydrogen-bond donors (Lipinski definition) is 1. The van der Waals surface area contributed by atoms with Crippen LogP contribution >= 0.6 is 0 Å². The van der Waals surface area contributed by atoms with E-state index in [2.05, 4.69) is 0 Å². The summed E-state index contributed by atoms with van der Waals surface area (Å²) >= 11 is 0. The predicted octanol–water partition coefficient (Wildman–Crippen LogP) is 1.63. The van der Waals surface area contributed by atoms with Gasteiger partial charge in [-0.15, -0.1) is 0 Å². The Labute approximate surface area is 96.4 Å². The summed E-state index contributed by atoms with van der Waals surface area (Å²) in [6, 6.07) is 0. The zero-order valence-corrected chi connectivity index (χ0v) is 10.5. The van der Waals surface area contributed by atoms with Gasteiger partial charge in [-0.25, -0.2) is 0 Å². The molecular formula is C12H20N2O2. The molecular weight excluding hydrogens is 204 g/mol. The fourth-order valence-electron chi connectivity index (χ4n) is 1.83. The van der Waals surface area contributed by atoms with Crippen LogP contribution in [0.5, 0.6) is 0 Å². The molecule has 1 amide bonds. The average Bonchev–Trinajstić information content (AvgIpc) is 2.49. The second-order valence-electron chi connectivity index (χ2n) is 3.89. The fourth-order valence-corrected chi connectivity index (χ4v) is 1.83. The topological polar surface area (TPSA) is 59.5 Å². The Bertz CT molecular complexity index is 383. The quantitative estimate of drug-likeness (QED) is 0.845. The van der Waals surface area contributed by atoms with Crippen molar-refractivity contribution in [2.75, 3.05) is 19.6 Å². The van der Waals surface area contributed by atoms with Crippen molar-refractivity contribution in [1.29, 1.82) is 0 Å². The van der Waals surface area contributed by atoms with Crippen molar-refractivity contribution >= 4 is 5.91 Å². The first-order valence-electron chi connectivity index (χ1n) is 5.58. The molecule has 0 unspecified atom stereocenters.